The van der Waals surface area contributed by atoms with Gasteiger partial charge in [0, 0.05) is 32.2 Å². The number of ether oxygens (including phenoxy) is 1. The summed E-state index contributed by atoms with van der Waals surface area (Å²) in [5.41, 5.74) is 17.0. The van der Waals surface area contributed by atoms with Gasteiger partial charge in [0.1, 0.15) is 11.5 Å². The number of alkyl halides is 2. The molecule has 30 heavy (non-hydrogen) atoms. The predicted molar refractivity (Wildman–Crippen MR) is 115 cm³/mol. The molecule has 6 N–H and O–H groups in total. The number of halogens is 2. The van der Waals surface area contributed by atoms with Crippen molar-refractivity contribution in [3.8, 4) is 0 Å². The van der Waals surface area contributed by atoms with Crippen LogP contribution in [0.2, 0.25) is 0 Å². The van der Waals surface area contributed by atoms with Crippen molar-refractivity contribution in [2.75, 3.05) is 52.6 Å². The van der Waals surface area contributed by atoms with Gasteiger partial charge in [-0.15, -0.1) is 0 Å². The zero-order valence-corrected chi connectivity index (χ0v) is 17.7. The Morgan fingerprint density at radius 2 is 2.17 bits per heavy atom. The minimum absolute atomic E-state index is 0.00600. The SMILES string of the molecule is CCCN(CCN)C(N)=NC(=NCN1CCOC[C@@H]1C)C1CN=C(N)N=C1C(F)F. The first-order chi connectivity index (χ1) is 14.4. The van der Waals surface area contributed by atoms with Gasteiger partial charge in [0.05, 0.1) is 32.3 Å². The number of hydrogen-bond acceptors (Lipinski definition) is 7. The number of morpholine rings is 1. The van der Waals surface area contributed by atoms with Crippen LogP contribution in [-0.2, 0) is 4.74 Å². The fourth-order valence-corrected chi connectivity index (χ4v) is 3.25. The van der Waals surface area contributed by atoms with Crippen molar-refractivity contribution >= 4 is 23.5 Å². The molecule has 1 saturated heterocycles. The first-order valence-electron chi connectivity index (χ1n) is 10.2. The third kappa shape index (κ3) is 6.67. The fraction of sp³-hybridized carbons (Fsp3) is 0.778. The largest absolute Gasteiger partial charge is 0.379 e. The molecule has 2 aliphatic rings. The Morgan fingerprint density at radius 1 is 1.40 bits per heavy atom. The molecule has 2 rings (SSSR count). The zero-order valence-electron chi connectivity index (χ0n) is 17.7. The lowest BCUT2D eigenvalue weighted by molar-refractivity contribution is 0.00131. The summed E-state index contributed by atoms with van der Waals surface area (Å²) in [4.78, 5) is 20.7. The molecule has 2 atom stereocenters. The number of nitrogens with zero attached hydrogens (tertiary/aromatic N) is 6. The van der Waals surface area contributed by atoms with Crippen molar-refractivity contribution in [2.45, 2.75) is 32.7 Å². The lowest BCUT2D eigenvalue weighted by Gasteiger charge is -2.32. The van der Waals surface area contributed by atoms with E-state index in [0.29, 0.717) is 39.4 Å². The Morgan fingerprint density at radius 3 is 2.80 bits per heavy atom. The van der Waals surface area contributed by atoms with Gasteiger partial charge in [-0.05, 0) is 13.3 Å². The Hall–Kier alpha value is -2.18. The number of hydrogen-bond donors (Lipinski definition) is 3. The van der Waals surface area contributed by atoms with Gasteiger partial charge in [-0.1, -0.05) is 6.92 Å². The molecule has 2 heterocycles. The number of amidine groups is 1. The Labute approximate surface area is 175 Å². The number of rotatable bonds is 8. The highest BCUT2D eigenvalue weighted by atomic mass is 19.3. The summed E-state index contributed by atoms with van der Waals surface area (Å²) in [7, 11) is 0. The summed E-state index contributed by atoms with van der Waals surface area (Å²) in [5, 5.41) is 0. The third-order valence-corrected chi connectivity index (χ3v) is 4.94. The van der Waals surface area contributed by atoms with Crippen molar-refractivity contribution in [3.05, 3.63) is 0 Å². The lowest BCUT2D eigenvalue weighted by Crippen LogP contribution is -2.45. The summed E-state index contributed by atoms with van der Waals surface area (Å²) < 4.78 is 32.8. The molecular formula is C18H33F2N9O. The van der Waals surface area contributed by atoms with Gasteiger partial charge in [0.15, 0.2) is 5.96 Å². The Kier molecular flexibility index (Phi) is 9.53. The number of nitrogens with two attached hydrogens (primary N) is 3. The first-order valence-corrected chi connectivity index (χ1v) is 10.2. The highest BCUT2D eigenvalue weighted by Crippen LogP contribution is 2.17. The van der Waals surface area contributed by atoms with Gasteiger partial charge >= 0.3 is 0 Å². The van der Waals surface area contributed by atoms with Crippen LogP contribution in [0.4, 0.5) is 8.78 Å². The van der Waals surface area contributed by atoms with Crippen molar-refractivity contribution in [1.29, 1.82) is 0 Å². The lowest BCUT2D eigenvalue weighted by atomic mass is 10.0. The van der Waals surface area contributed by atoms with Gasteiger partial charge in [0.2, 0.25) is 5.96 Å². The van der Waals surface area contributed by atoms with Gasteiger partial charge in [-0.2, -0.15) is 4.99 Å². The molecule has 0 aromatic heterocycles. The van der Waals surface area contributed by atoms with Crippen LogP contribution in [0, 0.1) is 5.92 Å². The Bertz CT molecular complexity index is 675. The number of aliphatic imine (C=N–C) groups is 4. The minimum Gasteiger partial charge on any atom is -0.379 e. The third-order valence-electron chi connectivity index (χ3n) is 4.94. The van der Waals surface area contributed by atoms with Crippen molar-refractivity contribution in [3.63, 3.8) is 0 Å². The van der Waals surface area contributed by atoms with Crippen LogP contribution < -0.4 is 17.2 Å². The Balaban J connectivity index is 2.35. The van der Waals surface area contributed by atoms with E-state index in [1.807, 2.05) is 18.7 Å². The van der Waals surface area contributed by atoms with Gasteiger partial charge < -0.3 is 26.8 Å². The normalized spacial score (nSPS) is 24.1. The van der Waals surface area contributed by atoms with E-state index in [-0.39, 0.29) is 37.0 Å². The molecule has 1 unspecified atom stereocenters. The van der Waals surface area contributed by atoms with E-state index in [1.165, 1.54) is 0 Å². The van der Waals surface area contributed by atoms with E-state index >= 15 is 0 Å². The molecule has 12 heteroatoms. The van der Waals surface area contributed by atoms with Crippen LogP contribution in [0.3, 0.4) is 0 Å². The maximum atomic E-state index is 13.7. The van der Waals surface area contributed by atoms with Crippen molar-refractivity contribution in [2.24, 2.45) is 43.1 Å². The monoisotopic (exact) mass is 429 g/mol. The van der Waals surface area contributed by atoms with Gasteiger partial charge in [-0.25, -0.2) is 13.8 Å². The molecule has 0 bridgehead atoms. The van der Waals surface area contributed by atoms with Crippen LogP contribution in [0.15, 0.2) is 20.0 Å². The standard InChI is InChI=1S/C18H33F2N9O/c1-3-5-28(6-4-21)18(23)27-16(25-11-29-7-8-30-10-12(29)2)13-9-24-17(22)26-14(13)15(19)20/h12-13,15H,3-11,21H2,1-2H3,(H2,22,24)(H2,23,25,27)/t12-,13?/m0/s1. The highest BCUT2D eigenvalue weighted by Gasteiger charge is 2.32. The van der Waals surface area contributed by atoms with E-state index < -0.39 is 18.1 Å². The van der Waals surface area contributed by atoms with Gasteiger partial charge in [0.25, 0.3) is 6.43 Å². The molecular weight excluding hydrogens is 396 g/mol. The number of guanidine groups is 2. The van der Waals surface area contributed by atoms with E-state index in [4.69, 9.17) is 21.9 Å². The molecule has 0 amide bonds. The summed E-state index contributed by atoms with van der Waals surface area (Å²) in [6, 6.07) is 0.155. The maximum Gasteiger partial charge on any atom is 0.277 e. The minimum atomic E-state index is -2.80. The second kappa shape index (κ2) is 11.9. The van der Waals surface area contributed by atoms with Crippen LogP contribution in [0.25, 0.3) is 0 Å². The maximum absolute atomic E-state index is 13.7. The molecule has 1 fully saturated rings. The summed E-state index contributed by atoms with van der Waals surface area (Å²) in [6.07, 6.45) is -1.97. The molecule has 0 aromatic rings. The van der Waals surface area contributed by atoms with E-state index in [1.54, 1.807) is 0 Å². The molecule has 0 radical (unpaired) electrons. The fourth-order valence-electron chi connectivity index (χ4n) is 3.25. The van der Waals surface area contributed by atoms with Crippen LogP contribution in [-0.4, -0.2) is 98.3 Å². The van der Waals surface area contributed by atoms with Crippen molar-refractivity contribution in [1.82, 2.24) is 9.80 Å². The molecule has 0 saturated carbocycles. The van der Waals surface area contributed by atoms with E-state index in [0.717, 1.165) is 6.42 Å². The molecule has 2 aliphatic heterocycles. The average Bonchev–Trinajstić information content (AvgIpc) is 2.72. The molecule has 170 valence electrons. The molecule has 0 spiro atoms. The summed E-state index contributed by atoms with van der Waals surface area (Å²) >= 11 is 0. The quantitative estimate of drug-likeness (QED) is 0.357. The highest BCUT2D eigenvalue weighted by molar-refractivity contribution is 6.14. The second-order valence-corrected chi connectivity index (χ2v) is 7.23. The van der Waals surface area contributed by atoms with Crippen molar-refractivity contribution < 1.29 is 13.5 Å². The zero-order chi connectivity index (χ0) is 22.1. The van der Waals surface area contributed by atoms with E-state index in [2.05, 4.69) is 24.9 Å². The predicted octanol–water partition coefficient (Wildman–Crippen LogP) is -0.301. The summed E-state index contributed by atoms with van der Waals surface area (Å²) in [5.74, 6) is -0.712. The first kappa shape index (κ1) is 24.1. The molecule has 0 aliphatic carbocycles. The van der Waals surface area contributed by atoms with Crippen LogP contribution >= 0.6 is 0 Å². The van der Waals surface area contributed by atoms with E-state index in [9.17, 15) is 8.78 Å². The molecule has 0 aromatic carbocycles. The second-order valence-electron chi connectivity index (χ2n) is 7.23. The van der Waals surface area contributed by atoms with Crippen LogP contribution in [0.5, 0.6) is 0 Å². The smallest absolute Gasteiger partial charge is 0.277 e. The average molecular weight is 430 g/mol. The van der Waals surface area contributed by atoms with Crippen LogP contribution in [0.1, 0.15) is 20.3 Å². The summed E-state index contributed by atoms with van der Waals surface area (Å²) in [6.45, 7) is 7.72. The van der Waals surface area contributed by atoms with Gasteiger partial charge in [-0.3, -0.25) is 14.9 Å². The topological polar surface area (TPSA) is 143 Å². The molecule has 10 nitrogen and oxygen atoms in total.